The summed E-state index contributed by atoms with van der Waals surface area (Å²) in [5.74, 6) is 0.610. The molecule has 41 heavy (non-hydrogen) atoms. The van der Waals surface area contributed by atoms with E-state index in [0.29, 0.717) is 55.1 Å². The van der Waals surface area contributed by atoms with Gasteiger partial charge in [-0.3, -0.25) is 9.69 Å². The van der Waals surface area contributed by atoms with Crippen LogP contribution >= 0.6 is 0 Å². The van der Waals surface area contributed by atoms with Crippen molar-refractivity contribution in [1.29, 1.82) is 0 Å². The van der Waals surface area contributed by atoms with E-state index in [4.69, 9.17) is 29.3 Å². The third kappa shape index (κ3) is 6.45. The summed E-state index contributed by atoms with van der Waals surface area (Å²) in [6.45, 7) is 2.77. The maximum Gasteiger partial charge on any atom is 0.338 e. The quantitative estimate of drug-likeness (QED) is 0.310. The Morgan fingerprint density at radius 2 is 1.34 bits per heavy atom. The number of piperazine rings is 1. The fraction of sp³-hybridized carbons (Fsp3) is 0.290. The van der Waals surface area contributed by atoms with E-state index in [-0.39, 0.29) is 24.7 Å². The van der Waals surface area contributed by atoms with Crippen LogP contribution in [0.15, 0.2) is 66.7 Å². The number of benzene rings is 3. The standard InChI is InChI=1S/C31H32N4O6/c1-39-24-8-3-21(4-9-24)29-30(22-5-10-25(40-2)11-6-22)33-27-19-23(7-12-26(27)32-29)31(38)41-20-28(37)35-15-13-34(14-16-35)17-18-36/h3-12,19,36H,13-18,20H2,1-2H3. The summed E-state index contributed by atoms with van der Waals surface area (Å²) >= 11 is 0. The molecule has 0 atom stereocenters. The molecule has 212 valence electrons. The zero-order valence-electron chi connectivity index (χ0n) is 23.1. The van der Waals surface area contributed by atoms with Gasteiger partial charge >= 0.3 is 5.97 Å². The third-order valence-corrected chi connectivity index (χ3v) is 7.09. The molecule has 1 aromatic heterocycles. The Kier molecular flexibility index (Phi) is 8.71. The molecule has 0 bridgehead atoms. The lowest BCUT2D eigenvalue weighted by atomic mass is 10.0. The fourth-order valence-corrected chi connectivity index (χ4v) is 4.75. The molecule has 1 fully saturated rings. The first-order valence-corrected chi connectivity index (χ1v) is 13.4. The number of hydrogen-bond donors (Lipinski definition) is 1. The highest BCUT2D eigenvalue weighted by molar-refractivity contribution is 5.96. The molecule has 0 aliphatic carbocycles. The van der Waals surface area contributed by atoms with Crippen LogP contribution in [-0.2, 0) is 9.53 Å². The van der Waals surface area contributed by atoms with Gasteiger partial charge in [-0.05, 0) is 66.7 Å². The molecule has 1 saturated heterocycles. The molecule has 10 nitrogen and oxygen atoms in total. The molecule has 10 heteroatoms. The van der Waals surface area contributed by atoms with Crippen molar-refractivity contribution < 1.29 is 28.9 Å². The van der Waals surface area contributed by atoms with Gasteiger partial charge in [0.25, 0.3) is 5.91 Å². The van der Waals surface area contributed by atoms with Crippen LogP contribution in [0.3, 0.4) is 0 Å². The van der Waals surface area contributed by atoms with Crippen LogP contribution in [0.1, 0.15) is 10.4 Å². The van der Waals surface area contributed by atoms with Crippen molar-refractivity contribution >= 4 is 22.9 Å². The number of fused-ring (bicyclic) bond motifs is 1. The lowest BCUT2D eigenvalue weighted by molar-refractivity contribution is -0.136. The number of nitrogens with zero attached hydrogens (tertiary/aromatic N) is 4. The first kappa shape index (κ1) is 28.0. The van der Waals surface area contributed by atoms with Gasteiger partial charge in [0, 0.05) is 43.9 Å². The lowest BCUT2D eigenvalue weighted by Crippen LogP contribution is -2.50. The van der Waals surface area contributed by atoms with E-state index in [1.54, 1.807) is 37.3 Å². The molecule has 3 aromatic carbocycles. The lowest BCUT2D eigenvalue weighted by Gasteiger charge is -2.34. The van der Waals surface area contributed by atoms with Gasteiger partial charge in [-0.1, -0.05) is 0 Å². The van der Waals surface area contributed by atoms with Crippen molar-refractivity contribution in [2.75, 3.05) is 60.2 Å². The van der Waals surface area contributed by atoms with Gasteiger partial charge in [0.2, 0.25) is 0 Å². The number of rotatable bonds is 9. The van der Waals surface area contributed by atoms with Crippen LogP contribution < -0.4 is 9.47 Å². The molecular weight excluding hydrogens is 524 g/mol. The Balaban J connectivity index is 1.38. The molecule has 1 amide bonds. The van der Waals surface area contributed by atoms with Crippen molar-refractivity contribution in [1.82, 2.24) is 19.8 Å². The van der Waals surface area contributed by atoms with E-state index in [0.717, 1.165) is 22.6 Å². The number of methoxy groups -OCH3 is 2. The molecule has 0 spiro atoms. The largest absolute Gasteiger partial charge is 0.497 e. The highest BCUT2D eigenvalue weighted by Gasteiger charge is 2.22. The molecular formula is C31H32N4O6. The summed E-state index contributed by atoms with van der Waals surface area (Å²) in [7, 11) is 3.23. The van der Waals surface area contributed by atoms with E-state index in [9.17, 15) is 9.59 Å². The van der Waals surface area contributed by atoms with Crippen LogP contribution in [0.2, 0.25) is 0 Å². The molecule has 0 radical (unpaired) electrons. The average molecular weight is 557 g/mol. The van der Waals surface area contributed by atoms with Gasteiger partial charge in [0.1, 0.15) is 11.5 Å². The number of aliphatic hydroxyl groups excluding tert-OH is 1. The maximum absolute atomic E-state index is 12.9. The molecule has 2 heterocycles. The average Bonchev–Trinajstić information content (AvgIpc) is 3.03. The van der Waals surface area contributed by atoms with Crippen LogP contribution in [0, 0.1) is 0 Å². The topological polar surface area (TPSA) is 114 Å². The molecule has 1 N–H and O–H groups in total. The SMILES string of the molecule is COc1ccc(-c2nc3ccc(C(=O)OCC(=O)N4CCN(CCO)CC4)cc3nc2-c2ccc(OC)cc2)cc1. The minimum Gasteiger partial charge on any atom is -0.497 e. The predicted molar refractivity (Wildman–Crippen MR) is 154 cm³/mol. The number of carbonyl (C=O) groups is 2. The highest BCUT2D eigenvalue weighted by atomic mass is 16.5. The summed E-state index contributed by atoms with van der Waals surface area (Å²) in [4.78, 5) is 39.1. The Labute approximate surface area is 238 Å². The van der Waals surface area contributed by atoms with Crippen LogP contribution in [0.25, 0.3) is 33.5 Å². The van der Waals surface area contributed by atoms with Gasteiger partial charge in [-0.25, -0.2) is 14.8 Å². The number of amides is 1. The van der Waals surface area contributed by atoms with Crippen molar-refractivity contribution in [3.8, 4) is 34.0 Å². The van der Waals surface area contributed by atoms with Crippen molar-refractivity contribution in [2.24, 2.45) is 0 Å². The molecule has 1 aliphatic heterocycles. The number of ether oxygens (including phenoxy) is 3. The van der Waals surface area contributed by atoms with Gasteiger partial charge in [-0.2, -0.15) is 0 Å². The molecule has 4 aromatic rings. The van der Waals surface area contributed by atoms with E-state index in [1.807, 2.05) is 48.5 Å². The summed E-state index contributed by atoms with van der Waals surface area (Å²) < 4.78 is 16.0. The van der Waals surface area contributed by atoms with Crippen LogP contribution in [0.4, 0.5) is 0 Å². The summed E-state index contributed by atoms with van der Waals surface area (Å²) in [5, 5.41) is 9.09. The number of hydrogen-bond acceptors (Lipinski definition) is 9. The highest BCUT2D eigenvalue weighted by Crippen LogP contribution is 2.33. The Bertz CT molecular complexity index is 1520. The van der Waals surface area contributed by atoms with Crippen LogP contribution in [-0.4, -0.2) is 96.9 Å². The first-order valence-electron chi connectivity index (χ1n) is 13.4. The molecule has 0 saturated carbocycles. The second-order valence-electron chi connectivity index (χ2n) is 9.60. The Morgan fingerprint density at radius 1 is 0.780 bits per heavy atom. The van der Waals surface area contributed by atoms with Crippen LogP contribution in [0.5, 0.6) is 11.5 Å². The second-order valence-corrected chi connectivity index (χ2v) is 9.60. The summed E-state index contributed by atoms with van der Waals surface area (Å²) in [6, 6.07) is 20.1. The van der Waals surface area contributed by atoms with Crippen molar-refractivity contribution in [2.45, 2.75) is 0 Å². The first-order chi connectivity index (χ1) is 20.0. The Hall–Kier alpha value is -4.54. The normalized spacial score (nSPS) is 13.7. The van der Waals surface area contributed by atoms with Gasteiger partial charge in [0.05, 0.1) is 48.8 Å². The maximum atomic E-state index is 12.9. The van der Waals surface area contributed by atoms with Crippen molar-refractivity contribution in [3.05, 3.63) is 72.3 Å². The monoisotopic (exact) mass is 556 g/mol. The number of aliphatic hydroxyl groups is 1. The molecule has 5 rings (SSSR count). The van der Waals surface area contributed by atoms with Gasteiger partial charge in [0.15, 0.2) is 6.61 Å². The Morgan fingerprint density at radius 3 is 1.88 bits per heavy atom. The number of β-amino-alcohol motifs (C(OH)–C–C–N with tert-alkyl or cyclic N) is 1. The second kappa shape index (κ2) is 12.8. The minimum atomic E-state index is -0.605. The third-order valence-electron chi connectivity index (χ3n) is 7.09. The van der Waals surface area contributed by atoms with E-state index >= 15 is 0 Å². The van der Waals surface area contributed by atoms with Gasteiger partial charge in [-0.15, -0.1) is 0 Å². The predicted octanol–water partition coefficient (Wildman–Crippen LogP) is 3.27. The smallest absolute Gasteiger partial charge is 0.338 e. The van der Waals surface area contributed by atoms with Crippen molar-refractivity contribution in [3.63, 3.8) is 0 Å². The van der Waals surface area contributed by atoms with E-state index in [1.165, 1.54) is 0 Å². The fourth-order valence-electron chi connectivity index (χ4n) is 4.75. The number of esters is 1. The number of carbonyl (C=O) groups excluding carboxylic acids is 2. The van der Waals surface area contributed by atoms with E-state index in [2.05, 4.69) is 4.90 Å². The molecule has 1 aliphatic rings. The molecule has 0 unspecified atom stereocenters. The minimum absolute atomic E-state index is 0.0894. The van der Waals surface area contributed by atoms with Gasteiger partial charge < -0.3 is 24.2 Å². The summed E-state index contributed by atoms with van der Waals surface area (Å²) in [6.07, 6.45) is 0. The van der Waals surface area contributed by atoms with E-state index < -0.39 is 5.97 Å². The zero-order chi connectivity index (χ0) is 28.8. The zero-order valence-corrected chi connectivity index (χ0v) is 23.1. The summed E-state index contributed by atoms with van der Waals surface area (Å²) in [5.41, 5.74) is 4.45. The number of aromatic nitrogens is 2.